The van der Waals surface area contributed by atoms with Crippen molar-refractivity contribution in [1.29, 1.82) is 5.26 Å². The van der Waals surface area contributed by atoms with Crippen LogP contribution < -0.4 is 0 Å². The molecule has 0 aromatic carbocycles. The number of aromatic nitrogens is 2. The molecule has 1 rings (SSSR count). The maximum Gasteiger partial charge on any atom is 0.316 e. The molecule has 0 atom stereocenters. The van der Waals surface area contributed by atoms with E-state index in [1.54, 1.807) is 6.92 Å². The maximum atomic E-state index is 11.5. The van der Waals surface area contributed by atoms with Gasteiger partial charge in [0.1, 0.15) is 16.7 Å². The highest BCUT2D eigenvalue weighted by Crippen LogP contribution is 2.28. The van der Waals surface area contributed by atoms with Crippen LogP contribution in [0.1, 0.15) is 25.3 Å². The van der Waals surface area contributed by atoms with Crippen molar-refractivity contribution < 1.29 is 19.1 Å². The number of nitriles is 1. The molecule has 0 aliphatic heterocycles. The summed E-state index contributed by atoms with van der Waals surface area (Å²) in [7, 11) is 0. The molecule has 0 radical (unpaired) electrons. The molecule has 0 aliphatic carbocycles. The van der Waals surface area contributed by atoms with Crippen molar-refractivity contribution >= 4 is 59.7 Å². The molecule has 0 spiro atoms. The van der Waals surface area contributed by atoms with Gasteiger partial charge in [-0.1, -0.05) is 35.1 Å². The van der Waals surface area contributed by atoms with Gasteiger partial charge in [-0.3, -0.25) is 9.59 Å². The first kappa shape index (κ1) is 22.9. The van der Waals surface area contributed by atoms with E-state index in [-0.39, 0.29) is 34.2 Å². The van der Waals surface area contributed by atoms with Crippen LogP contribution in [0, 0.1) is 11.3 Å². The Kier molecular flexibility index (Phi) is 11.5. The number of rotatable bonds is 11. The largest absolute Gasteiger partial charge is 0.465 e. The Morgan fingerprint density at radius 3 is 2.65 bits per heavy atom. The second kappa shape index (κ2) is 13.1. The summed E-state index contributed by atoms with van der Waals surface area (Å²) < 4.78 is 9.79. The number of thiol groups is 1. The van der Waals surface area contributed by atoms with Crippen LogP contribution in [0.15, 0.2) is 10.2 Å². The van der Waals surface area contributed by atoms with Crippen molar-refractivity contribution in [3.8, 4) is 6.07 Å². The fourth-order valence-electron chi connectivity index (χ4n) is 1.59. The van der Waals surface area contributed by atoms with Gasteiger partial charge in [0, 0.05) is 5.75 Å². The lowest BCUT2D eigenvalue weighted by molar-refractivity contribution is -0.141. The summed E-state index contributed by atoms with van der Waals surface area (Å²) in [6.45, 7) is 2.36. The summed E-state index contributed by atoms with van der Waals surface area (Å²) in [6, 6.07) is 1.95. The number of unbranched alkanes of at least 4 members (excludes halogenated alkanes) is 1. The van der Waals surface area contributed by atoms with Gasteiger partial charge in [-0.05, 0) is 19.8 Å². The Labute approximate surface area is 171 Å². The van der Waals surface area contributed by atoms with Gasteiger partial charge in [-0.25, -0.2) is 9.97 Å². The topological polar surface area (TPSA) is 102 Å². The minimum atomic E-state index is -0.388. The van der Waals surface area contributed by atoms with Crippen molar-refractivity contribution in [2.24, 2.45) is 0 Å². The summed E-state index contributed by atoms with van der Waals surface area (Å²) >= 11 is 12.3. The van der Waals surface area contributed by atoms with Gasteiger partial charge in [0.15, 0.2) is 10.3 Å². The van der Waals surface area contributed by atoms with Crippen LogP contribution in [-0.4, -0.2) is 52.4 Å². The van der Waals surface area contributed by atoms with Crippen LogP contribution in [0.3, 0.4) is 0 Å². The number of halogens is 1. The molecule has 0 N–H and O–H groups in total. The van der Waals surface area contributed by atoms with Crippen molar-refractivity contribution in [2.75, 3.05) is 30.5 Å². The van der Waals surface area contributed by atoms with Crippen molar-refractivity contribution in [2.45, 2.75) is 29.9 Å². The second-order valence-electron chi connectivity index (χ2n) is 4.62. The second-order valence-corrected chi connectivity index (χ2v) is 7.32. The lowest BCUT2D eigenvalue weighted by Crippen LogP contribution is -2.07. The number of esters is 2. The predicted molar refractivity (Wildman–Crippen MR) is 104 cm³/mol. The van der Waals surface area contributed by atoms with E-state index in [1.807, 2.05) is 6.07 Å². The fourth-order valence-corrected chi connectivity index (χ4v) is 3.67. The number of thioether (sulfide) groups is 2. The van der Waals surface area contributed by atoms with E-state index in [2.05, 4.69) is 22.6 Å². The van der Waals surface area contributed by atoms with Crippen molar-refractivity contribution in [3.63, 3.8) is 0 Å². The number of hydrogen-bond acceptors (Lipinski definition) is 10. The monoisotopic (exact) mass is 435 g/mol. The Bertz CT molecular complexity index is 670. The van der Waals surface area contributed by atoms with Crippen LogP contribution in [0.25, 0.3) is 0 Å². The molecule has 11 heteroatoms. The highest BCUT2D eigenvalue weighted by atomic mass is 35.5. The molecule has 0 fully saturated rings. The normalized spacial score (nSPS) is 10.2. The van der Waals surface area contributed by atoms with Gasteiger partial charge >= 0.3 is 11.9 Å². The van der Waals surface area contributed by atoms with Gasteiger partial charge in [-0.15, -0.1) is 0 Å². The van der Waals surface area contributed by atoms with Crippen molar-refractivity contribution in [1.82, 2.24) is 9.97 Å². The molecular formula is C15H18ClN3O4S3. The van der Waals surface area contributed by atoms with E-state index in [4.69, 9.17) is 21.1 Å². The maximum absolute atomic E-state index is 11.5. The molecular weight excluding hydrogens is 418 g/mol. The Balaban J connectivity index is 2.57. The Morgan fingerprint density at radius 1 is 1.23 bits per heavy atom. The lowest BCUT2D eigenvalue weighted by Gasteiger charge is -2.07. The van der Waals surface area contributed by atoms with Gasteiger partial charge < -0.3 is 9.47 Å². The molecule has 0 unspecified atom stereocenters. The summed E-state index contributed by atoms with van der Waals surface area (Å²) in [6.07, 6.45) is 1.50. The van der Waals surface area contributed by atoms with Crippen LogP contribution in [0.4, 0.5) is 0 Å². The molecule has 1 aromatic heterocycles. The molecule has 0 saturated heterocycles. The highest BCUT2D eigenvalue weighted by molar-refractivity contribution is 8.00. The molecule has 1 aromatic rings. The first-order valence-corrected chi connectivity index (χ1v) is 10.6. The zero-order valence-corrected chi connectivity index (χ0v) is 17.3. The van der Waals surface area contributed by atoms with E-state index in [0.717, 1.165) is 18.2 Å². The average molecular weight is 436 g/mol. The van der Waals surface area contributed by atoms with Gasteiger partial charge in [-0.2, -0.15) is 17.9 Å². The minimum absolute atomic E-state index is 0.0382. The average Bonchev–Trinajstić information content (AvgIpc) is 2.62. The fraction of sp³-hybridized carbons (Fsp3) is 0.533. The third-order valence-electron chi connectivity index (χ3n) is 2.72. The number of carbonyl (C=O) groups is 2. The molecule has 1 heterocycles. The Morgan fingerprint density at radius 2 is 2.00 bits per heavy atom. The summed E-state index contributed by atoms with van der Waals surface area (Å²) in [5.41, 5.74) is 0.143. The molecule has 0 saturated carbocycles. The number of ether oxygens (including phenoxy) is 2. The van der Waals surface area contributed by atoms with E-state index >= 15 is 0 Å². The first-order valence-electron chi connectivity index (χ1n) is 7.67. The summed E-state index contributed by atoms with van der Waals surface area (Å²) in [5.74, 6) is 0.0741. The summed E-state index contributed by atoms with van der Waals surface area (Å²) in [5, 5.41) is 10.0. The highest BCUT2D eigenvalue weighted by Gasteiger charge is 2.15. The van der Waals surface area contributed by atoms with Crippen LogP contribution in [0.5, 0.6) is 0 Å². The molecule has 7 nitrogen and oxygen atoms in total. The lowest BCUT2D eigenvalue weighted by atomic mass is 10.4. The van der Waals surface area contributed by atoms with Crippen LogP contribution in [0.2, 0.25) is 5.15 Å². The molecule has 0 amide bonds. The molecule has 0 bridgehead atoms. The van der Waals surface area contributed by atoms with E-state index < -0.39 is 0 Å². The molecule has 142 valence electrons. The minimum Gasteiger partial charge on any atom is -0.465 e. The summed E-state index contributed by atoms with van der Waals surface area (Å²) in [4.78, 5) is 30.8. The smallest absolute Gasteiger partial charge is 0.316 e. The zero-order valence-electron chi connectivity index (χ0n) is 14.1. The predicted octanol–water partition coefficient (Wildman–Crippen LogP) is 3.00. The van der Waals surface area contributed by atoms with Gasteiger partial charge in [0.05, 0.1) is 24.7 Å². The Hall–Kier alpha value is -1.15. The SMILES string of the molecule is CCOC(=O)CSc1nc(SCCCCOC(=O)CS)nc(Cl)c1C#N. The van der Waals surface area contributed by atoms with Crippen LogP contribution in [-0.2, 0) is 19.1 Å². The molecule has 0 aliphatic rings. The third-order valence-corrected chi connectivity index (χ3v) is 5.13. The van der Waals surface area contributed by atoms with Crippen LogP contribution >= 0.6 is 47.8 Å². The van der Waals surface area contributed by atoms with E-state index in [0.29, 0.717) is 35.6 Å². The van der Waals surface area contributed by atoms with Crippen molar-refractivity contribution in [3.05, 3.63) is 10.7 Å². The number of nitrogens with zero attached hydrogens (tertiary/aromatic N) is 3. The molecule has 26 heavy (non-hydrogen) atoms. The quantitative estimate of drug-likeness (QED) is 0.140. The first-order chi connectivity index (χ1) is 12.5. The number of hydrogen-bond donors (Lipinski definition) is 1. The zero-order chi connectivity index (χ0) is 19.4. The van der Waals surface area contributed by atoms with Gasteiger partial charge in [0.2, 0.25) is 0 Å². The number of carbonyl (C=O) groups excluding carboxylic acids is 2. The standard InChI is InChI=1S/C15H18ClN3O4S3/c1-2-22-12(21)9-26-14-10(7-17)13(16)18-15(19-14)25-6-4-3-5-23-11(20)8-24/h24H,2-6,8-9H2,1H3. The van der Waals surface area contributed by atoms with Gasteiger partial charge in [0.25, 0.3) is 0 Å². The third kappa shape index (κ3) is 8.49. The van der Waals surface area contributed by atoms with E-state index in [9.17, 15) is 14.9 Å². The van der Waals surface area contributed by atoms with E-state index in [1.165, 1.54) is 11.8 Å².